The van der Waals surface area contributed by atoms with Crippen LogP contribution in [0.1, 0.15) is 40.5 Å². The number of pyridine rings is 1. The predicted octanol–water partition coefficient (Wildman–Crippen LogP) is 3.02. The van der Waals surface area contributed by atoms with Crippen LogP contribution < -0.4 is 16.0 Å². The van der Waals surface area contributed by atoms with E-state index in [0.29, 0.717) is 23.1 Å². The second-order valence-corrected chi connectivity index (χ2v) is 6.86. The first kappa shape index (κ1) is 22.6. The lowest BCUT2D eigenvalue weighted by molar-refractivity contribution is -0.115. The third-order valence-electron chi connectivity index (χ3n) is 3.30. The van der Waals surface area contributed by atoms with E-state index in [1.54, 1.807) is 31.6 Å². The number of aliphatic imine (C=N–C) groups is 1. The smallest absolute Gasteiger partial charge is 0.243 e. The number of carbonyl (C=O) groups is 1. The van der Waals surface area contributed by atoms with E-state index < -0.39 is 0 Å². The van der Waals surface area contributed by atoms with Gasteiger partial charge in [-0.3, -0.25) is 14.8 Å². The van der Waals surface area contributed by atoms with Crippen molar-refractivity contribution in [3.63, 3.8) is 0 Å². The summed E-state index contributed by atoms with van der Waals surface area (Å²) in [6.07, 6.45) is 5.45. The van der Waals surface area contributed by atoms with E-state index >= 15 is 0 Å². The minimum absolute atomic E-state index is 0. The van der Waals surface area contributed by atoms with Gasteiger partial charge in [-0.1, -0.05) is 20.8 Å². The van der Waals surface area contributed by atoms with Crippen molar-refractivity contribution in [2.24, 2.45) is 10.4 Å². The average molecular weight is 447 g/mol. The Labute approximate surface area is 162 Å². The third kappa shape index (κ3) is 10.4. The van der Waals surface area contributed by atoms with Gasteiger partial charge in [-0.25, -0.2) is 0 Å². The number of hydrogen-bond acceptors (Lipinski definition) is 3. The third-order valence-corrected chi connectivity index (χ3v) is 3.30. The molecule has 0 aromatic carbocycles. The Morgan fingerprint density at radius 1 is 1.38 bits per heavy atom. The molecule has 0 aliphatic rings. The number of amides is 1. The molecular weight excluding hydrogens is 417 g/mol. The van der Waals surface area contributed by atoms with Gasteiger partial charge in [0.25, 0.3) is 0 Å². The second kappa shape index (κ2) is 11.2. The second-order valence-electron chi connectivity index (χ2n) is 6.86. The summed E-state index contributed by atoms with van der Waals surface area (Å²) in [5, 5.41) is 9.10. The molecule has 1 amide bonds. The summed E-state index contributed by atoms with van der Waals surface area (Å²) in [4.78, 5) is 20.0. The molecule has 1 atom stereocenters. The highest BCUT2D eigenvalue weighted by atomic mass is 127. The lowest BCUT2D eigenvalue weighted by Crippen LogP contribution is -2.45. The Morgan fingerprint density at radius 3 is 2.62 bits per heavy atom. The van der Waals surface area contributed by atoms with Gasteiger partial charge in [0.1, 0.15) is 0 Å². The average Bonchev–Trinajstić information content (AvgIpc) is 2.49. The Hall–Kier alpha value is -1.38. The molecule has 0 radical (unpaired) electrons. The van der Waals surface area contributed by atoms with Crippen LogP contribution in [0.25, 0.3) is 0 Å². The van der Waals surface area contributed by atoms with Crippen molar-refractivity contribution in [3.05, 3.63) is 24.5 Å². The molecule has 0 saturated carbocycles. The predicted molar refractivity (Wildman–Crippen MR) is 111 cm³/mol. The van der Waals surface area contributed by atoms with Crippen molar-refractivity contribution in [2.75, 3.05) is 18.9 Å². The van der Waals surface area contributed by atoms with Gasteiger partial charge in [0, 0.05) is 19.3 Å². The molecule has 24 heavy (non-hydrogen) atoms. The number of guanidine groups is 1. The van der Waals surface area contributed by atoms with E-state index in [1.807, 2.05) is 0 Å². The summed E-state index contributed by atoms with van der Waals surface area (Å²) >= 11 is 0. The van der Waals surface area contributed by atoms with E-state index in [9.17, 15) is 4.79 Å². The molecule has 1 aromatic heterocycles. The standard InChI is InChI=1S/C17H29N5O.HI/c1-13(8-9-17(2,3)4)21-16(18-5)20-12-15(23)22-14-7-6-10-19-11-14;/h6-7,10-11,13H,8-9,12H2,1-5H3,(H,22,23)(H2,18,20,21);1H. The maximum absolute atomic E-state index is 11.9. The summed E-state index contributed by atoms with van der Waals surface area (Å²) in [5.41, 5.74) is 0.997. The van der Waals surface area contributed by atoms with Crippen molar-refractivity contribution in [1.82, 2.24) is 15.6 Å². The number of hydrogen-bond donors (Lipinski definition) is 3. The van der Waals surface area contributed by atoms with Gasteiger partial charge in [0.05, 0.1) is 18.4 Å². The monoisotopic (exact) mass is 447 g/mol. The number of rotatable bonds is 6. The summed E-state index contributed by atoms with van der Waals surface area (Å²) < 4.78 is 0. The summed E-state index contributed by atoms with van der Waals surface area (Å²) in [6, 6.07) is 3.87. The zero-order valence-corrected chi connectivity index (χ0v) is 17.5. The molecule has 1 unspecified atom stereocenters. The SMILES string of the molecule is CN=C(NCC(=O)Nc1cccnc1)NC(C)CCC(C)(C)C.I. The molecule has 0 bridgehead atoms. The topological polar surface area (TPSA) is 78.4 Å². The first-order valence-electron chi connectivity index (χ1n) is 7.97. The van der Waals surface area contributed by atoms with Crippen molar-refractivity contribution < 1.29 is 4.79 Å². The molecule has 1 aromatic rings. The van der Waals surface area contributed by atoms with Gasteiger partial charge < -0.3 is 16.0 Å². The molecule has 1 heterocycles. The highest BCUT2D eigenvalue weighted by molar-refractivity contribution is 14.0. The number of halogens is 1. The van der Waals surface area contributed by atoms with Crippen molar-refractivity contribution in [1.29, 1.82) is 0 Å². The highest BCUT2D eigenvalue weighted by Crippen LogP contribution is 2.21. The maximum Gasteiger partial charge on any atom is 0.243 e. The van der Waals surface area contributed by atoms with Gasteiger partial charge >= 0.3 is 0 Å². The summed E-state index contributed by atoms with van der Waals surface area (Å²) in [7, 11) is 1.70. The van der Waals surface area contributed by atoms with Crippen molar-refractivity contribution in [2.45, 2.75) is 46.6 Å². The zero-order chi connectivity index (χ0) is 17.3. The van der Waals surface area contributed by atoms with Gasteiger partial charge in [-0.2, -0.15) is 0 Å². The molecule has 0 saturated heterocycles. The molecule has 0 aliphatic heterocycles. The number of nitrogens with zero attached hydrogens (tertiary/aromatic N) is 2. The molecule has 6 nitrogen and oxygen atoms in total. The van der Waals surface area contributed by atoms with E-state index in [-0.39, 0.29) is 36.4 Å². The number of anilines is 1. The molecule has 0 fully saturated rings. The molecule has 3 N–H and O–H groups in total. The van der Waals surface area contributed by atoms with Gasteiger partial charge in [0.15, 0.2) is 5.96 Å². The molecular formula is C17H30IN5O. The fourth-order valence-electron chi connectivity index (χ4n) is 1.96. The van der Waals surface area contributed by atoms with Gasteiger partial charge in [-0.05, 0) is 37.3 Å². The minimum atomic E-state index is -0.136. The van der Waals surface area contributed by atoms with Crippen LogP contribution in [-0.2, 0) is 4.79 Å². The summed E-state index contributed by atoms with van der Waals surface area (Å²) in [5.74, 6) is 0.496. The van der Waals surface area contributed by atoms with Crippen LogP contribution in [0.2, 0.25) is 0 Å². The Morgan fingerprint density at radius 2 is 2.08 bits per heavy atom. The van der Waals surface area contributed by atoms with E-state index in [1.165, 1.54) is 0 Å². The van der Waals surface area contributed by atoms with E-state index in [2.05, 4.69) is 53.6 Å². The Kier molecular flexibility index (Phi) is 10.6. The lowest BCUT2D eigenvalue weighted by Gasteiger charge is -2.23. The number of nitrogens with one attached hydrogen (secondary N) is 3. The van der Waals surface area contributed by atoms with Crippen LogP contribution in [0, 0.1) is 5.41 Å². The zero-order valence-electron chi connectivity index (χ0n) is 15.2. The van der Waals surface area contributed by atoms with Crippen LogP contribution in [0.5, 0.6) is 0 Å². The molecule has 7 heteroatoms. The molecule has 136 valence electrons. The molecule has 0 aliphatic carbocycles. The van der Waals surface area contributed by atoms with E-state index in [0.717, 1.165) is 12.8 Å². The minimum Gasteiger partial charge on any atom is -0.354 e. The maximum atomic E-state index is 11.9. The first-order valence-corrected chi connectivity index (χ1v) is 7.97. The molecule has 0 spiro atoms. The van der Waals surface area contributed by atoms with E-state index in [4.69, 9.17) is 0 Å². The quantitative estimate of drug-likeness (QED) is 0.356. The van der Waals surface area contributed by atoms with Crippen LogP contribution in [0.4, 0.5) is 5.69 Å². The number of aromatic nitrogens is 1. The summed E-state index contributed by atoms with van der Waals surface area (Å²) in [6.45, 7) is 8.97. The lowest BCUT2D eigenvalue weighted by atomic mass is 9.89. The molecule has 1 rings (SSSR count). The van der Waals surface area contributed by atoms with Crippen LogP contribution >= 0.6 is 24.0 Å². The van der Waals surface area contributed by atoms with Gasteiger partial charge in [0.2, 0.25) is 5.91 Å². The van der Waals surface area contributed by atoms with Gasteiger partial charge in [-0.15, -0.1) is 24.0 Å². The normalized spacial score (nSPS) is 12.8. The van der Waals surface area contributed by atoms with Crippen molar-refractivity contribution in [3.8, 4) is 0 Å². The Bertz CT molecular complexity index is 513. The van der Waals surface area contributed by atoms with Crippen LogP contribution in [-0.4, -0.2) is 36.5 Å². The fourth-order valence-corrected chi connectivity index (χ4v) is 1.96. The first-order chi connectivity index (χ1) is 10.8. The fraction of sp³-hybridized carbons (Fsp3) is 0.588. The van der Waals surface area contributed by atoms with Crippen LogP contribution in [0.3, 0.4) is 0 Å². The Balaban J connectivity index is 0.00000529. The number of carbonyl (C=O) groups excluding carboxylic acids is 1. The largest absolute Gasteiger partial charge is 0.354 e. The van der Waals surface area contributed by atoms with Crippen LogP contribution in [0.15, 0.2) is 29.5 Å². The van der Waals surface area contributed by atoms with Crippen molar-refractivity contribution >= 4 is 41.5 Å². The highest BCUT2D eigenvalue weighted by Gasteiger charge is 2.13.